The lowest BCUT2D eigenvalue weighted by Gasteiger charge is -2.28. The van der Waals surface area contributed by atoms with Gasteiger partial charge in [-0.05, 0) is 73.7 Å². The highest BCUT2D eigenvalue weighted by atomic mass is 19.4. The molecule has 0 spiro atoms. The summed E-state index contributed by atoms with van der Waals surface area (Å²) in [6.07, 6.45) is -4.06. The van der Waals surface area contributed by atoms with E-state index in [0.29, 0.717) is 29.5 Å². The number of aliphatic hydroxyl groups excluding tert-OH is 1. The Hall–Kier alpha value is -3.89. The van der Waals surface area contributed by atoms with Crippen LogP contribution in [0.25, 0.3) is 0 Å². The minimum atomic E-state index is -4.41. The molecule has 0 aliphatic heterocycles. The third-order valence-electron chi connectivity index (χ3n) is 6.18. The van der Waals surface area contributed by atoms with Crippen LogP contribution in [0.15, 0.2) is 66.7 Å². The molecule has 0 aromatic heterocycles. The van der Waals surface area contributed by atoms with E-state index in [1.165, 1.54) is 18.2 Å². The first-order valence-corrected chi connectivity index (χ1v) is 12.4. The van der Waals surface area contributed by atoms with E-state index in [1.807, 2.05) is 19.9 Å². The highest BCUT2D eigenvalue weighted by molar-refractivity contribution is 5.94. The zero-order valence-electron chi connectivity index (χ0n) is 21.7. The van der Waals surface area contributed by atoms with Crippen molar-refractivity contribution in [1.29, 1.82) is 0 Å². The summed E-state index contributed by atoms with van der Waals surface area (Å²) in [5.74, 6) is -0.428. The van der Waals surface area contributed by atoms with Gasteiger partial charge < -0.3 is 26.2 Å². The number of halogens is 3. The molecule has 0 unspecified atom stereocenters. The van der Waals surface area contributed by atoms with Crippen molar-refractivity contribution < 1.29 is 33.0 Å². The van der Waals surface area contributed by atoms with Crippen molar-refractivity contribution in [3.05, 3.63) is 94.5 Å². The van der Waals surface area contributed by atoms with Gasteiger partial charge in [0.15, 0.2) is 0 Å². The molecule has 0 aliphatic carbocycles. The highest BCUT2D eigenvalue weighted by Crippen LogP contribution is 2.30. The van der Waals surface area contributed by atoms with Gasteiger partial charge in [-0.25, -0.2) is 0 Å². The molecule has 10 heteroatoms. The molecule has 0 radical (unpaired) electrons. The van der Waals surface area contributed by atoms with Gasteiger partial charge in [-0.1, -0.05) is 36.4 Å². The Morgan fingerprint density at radius 3 is 2.44 bits per heavy atom. The van der Waals surface area contributed by atoms with E-state index in [0.717, 1.165) is 17.7 Å². The number of carbonyl (C=O) groups is 2. The summed E-state index contributed by atoms with van der Waals surface area (Å²) in [6.45, 7) is 4.31. The third kappa shape index (κ3) is 8.83. The Kier molecular flexibility index (Phi) is 9.71. The number of aliphatic hydroxyl groups is 1. The Morgan fingerprint density at radius 1 is 1.00 bits per heavy atom. The predicted molar refractivity (Wildman–Crippen MR) is 142 cm³/mol. The summed E-state index contributed by atoms with van der Waals surface area (Å²) in [4.78, 5) is 23.4. The average molecular weight is 544 g/mol. The van der Waals surface area contributed by atoms with E-state index in [2.05, 4.69) is 16.0 Å². The Labute approximate surface area is 225 Å². The smallest absolute Gasteiger partial charge is 0.416 e. The van der Waals surface area contributed by atoms with Crippen LogP contribution in [0.4, 0.5) is 18.9 Å². The Balaban J connectivity index is 1.54. The molecule has 0 aliphatic rings. The van der Waals surface area contributed by atoms with Crippen LogP contribution < -0.4 is 16.0 Å². The van der Waals surface area contributed by atoms with Crippen LogP contribution in [-0.4, -0.2) is 41.2 Å². The monoisotopic (exact) mass is 543 g/mol. The summed E-state index contributed by atoms with van der Waals surface area (Å²) in [6, 6.07) is 16.6. The average Bonchev–Trinajstić information content (AvgIpc) is 2.88. The number of phenols is 1. The number of hydrogen-bond acceptors (Lipinski definition) is 5. The van der Waals surface area contributed by atoms with Crippen molar-refractivity contribution in [3.63, 3.8) is 0 Å². The van der Waals surface area contributed by atoms with Gasteiger partial charge in [0.25, 0.3) is 5.91 Å². The maximum absolute atomic E-state index is 12.9. The quantitative estimate of drug-likeness (QED) is 0.170. The van der Waals surface area contributed by atoms with Crippen molar-refractivity contribution in [2.45, 2.75) is 44.5 Å². The molecule has 208 valence electrons. The molecule has 0 saturated heterocycles. The summed E-state index contributed by atoms with van der Waals surface area (Å²) in [5, 5.41) is 28.8. The molecule has 39 heavy (non-hydrogen) atoms. The van der Waals surface area contributed by atoms with E-state index in [9.17, 15) is 33.0 Å². The lowest BCUT2D eigenvalue weighted by atomic mass is 9.93. The summed E-state index contributed by atoms with van der Waals surface area (Å²) < 4.78 is 38.7. The zero-order valence-corrected chi connectivity index (χ0v) is 21.7. The fourth-order valence-electron chi connectivity index (χ4n) is 4.15. The lowest BCUT2D eigenvalue weighted by Crippen LogP contribution is -2.43. The number of alkyl halides is 3. The first-order valence-electron chi connectivity index (χ1n) is 12.4. The summed E-state index contributed by atoms with van der Waals surface area (Å²) in [7, 11) is 0. The lowest BCUT2D eigenvalue weighted by molar-refractivity contribution is -0.137. The number of phenolic OH excluding ortho intramolecular Hbond substituents is 1. The normalized spacial score (nSPS) is 12.6. The molecule has 5 N–H and O–H groups in total. The first-order chi connectivity index (χ1) is 18.4. The molecule has 3 rings (SSSR count). The van der Waals surface area contributed by atoms with Crippen LogP contribution in [0.5, 0.6) is 5.75 Å². The van der Waals surface area contributed by atoms with Gasteiger partial charge in [-0.15, -0.1) is 0 Å². The topological polar surface area (TPSA) is 111 Å². The number of benzene rings is 3. The first kappa shape index (κ1) is 29.7. The molecule has 2 amide bonds. The number of carbonyl (C=O) groups excluding carboxylic acids is 2. The predicted octanol–water partition coefficient (Wildman–Crippen LogP) is 4.60. The number of aromatic hydroxyl groups is 1. The summed E-state index contributed by atoms with van der Waals surface area (Å²) in [5.41, 5.74) is 1.35. The second-order valence-corrected chi connectivity index (χ2v) is 9.90. The van der Waals surface area contributed by atoms with Gasteiger partial charge in [-0.3, -0.25) is 9.59 Å². The maximum atomic E-state index is 12.9. The molecule has 3 aromatic carbocycles. The van der Waals surface area contributed by atoms with E-state index < -0.39 is 23.4 Å². The Bertz CT molecular complexity index is 1290. The van der Waals surface area contributed by atoms with Crippen LogP contribution in [0.2, 0.25) is 0 Å². The Morgan fingerprint density at radius 2 is 1.72 bits per heavy atom. The van der Waals surface area contributed by atoms with Crippen LogP contribution in [0.1, 0.15) is 52.6 Å². The van der Waals surface area contributed by atoms with E-state index in [1.54, 1.807) is 30.3 Å². The number of hydrogen-bond donors (Lipinski definition) is 5. The molecular weight excluding hydrogens is 511 g/mol. The molecule has 0 heterocycles. The molecule has 0 saturated carbocycles. The number of β-amino-alcohol motifs (C(OH)–C–C–N with tert-alkyl or cyclic N) is 1. The van der Waals surface area contributed by atoms with Gasteiger partial charge in [0, 0.05) is 24.2 Å². The molecule has 0 bridgehead atoms. The van der Waals surface area contributed by atoms with Crippen LogP contribution in [0, 0.1) is 0 Å². The number of anilines is 1. The van der Waals surface area contributed by atoms with Crippen molar-refractivity contribution in [2.75, 3.05) is 18.4 Å². The molecule has 0 fully saturated rings. The van der Waals surface area contributed by atoms with Gasteiger partial charge in [-0.2, -0.15) is 13.2 Å². The van der Waals surface area contributed by atoms with E-state index in [4.69, 9.17) is 0 Å². The van der Waals surface area contributed by atoms with E-state index in [-0.39, 0.29) is 36.9 Å². The number of nitrogens with one attached hydrogen (secondary N) is 3. The fourth-order valence-corrected chi connectivity index (χ4v) is 4.15. The van der Waals surface area contributed by atoms with Crippen molar-refractivity contribution in [2.24, 2.45) is 0 Å². The van der Waals surface area contributed by atoms with Gasteiger partial charge in [0.2, 0.25) is 6.41 Å². The van der Waals surface area contributed by atoms with Gasteiger partial charge in [0.05, 0.1) is 17.4 Å². The number of rotatable bonds is 12. The molecular formula is C29H32F3N3O4. The second kappa shape index (κ2) is 12.8. The molecule has 7 nitrogen and oxygen atoms in total. The largest absolute Gasteiger partial charge is 0.506 e. The van der Waals surface area contributed by atoms with Gasteiger partial charge >= 0.3 is 6.18 Å². The summed E-state index contributed by atoms with van der Waals surface area (Å²) >= 11 is 0. The number of amides is 2. The standard InChI is InChI=1S/C29H32F3N3O4/c1-28(2,35-17-26(38)21-9-10-25(37)24(15-21)34-18-36)16-20-6-3-7-22(13-20)27(39)33-12-11-19-5-4-8-23(14-19)29(30,31)32/h3-10,13-15,18,26,35,37-38H,11-12,16-17H2,1-2H3,(H,33,39)(H,34,36)/t26-/m1/s1. The van der Waals surface area contributed by atoms with Gasteiger partial charge in [0.1, 0.15) is 5.75 Å². The molecule has 3 aromatic rings. The van der Waals surface area contributed by atoms with Crippen molar-refractivity contribution in [1.82, 2.24) is 10.6 Å². The zero-order chi connectivity index (χ0) is 28.6. The SMILES string of the molecule is CC(C)(Cc1cccc(C(=O)NCCc2cccc(C(F)(F)F)c2)c1)NC[C@@H](O)c1ccc(O)c(NC=O)c1. The minimum absolute atomic E-state index is 0.106. The highest BCUT2D eigenvalue weighted by Gasteiger charge is 2.30. The molecule has 1 atom stereocenters. The van der Waals surface area contributed by atoms with Crippen LogP contribution >= 0.6 is 0 Å². The minimum Gasteiger partial charge on any atom is -0.506 e. The maximum Gasteiger partial charge on any atom is 0.416 e. The van der Waals surface area contributed by atoms with Crippen molar-refractivity contribution >= 4 is 18.0 Å². The van der Waals surface area contributed by atoms with Crippen LogP contribution in [0.3, 0.4) is 0 Å². The second-order valence-electron chi connectivity index (χ2n) is 9.90. The fraction of sp³-hybridized carbons (Fsp3) is 0.310. The van der Waals surface area contributed by atoms with Crippen molar-refractivity contribution in [3.8, 4) is 5.75 Å². The third-order valence-corrected chi connectivity index (χ3v) is 6.18. The van der Waals surface area contributed by atoms with Crippen LogP contribution in [-0.2, 0) is 23.8 Å². The van der Waals surface area contributed by atoms with E-state index >= 15 is 0 Å².